The van der Waals surface area contributed by atoms with E-state index < -0.39 is 11.4 Å². The van der Waals surface area contributed by atoms with Crippen molar-refractivity contribution in [3.8, 4) is 11.5 Å². The quantitative estimate of drug-likeness (QED) is 0.810. The van der Waals surface area contributed by atoms with Crippen LogP contribution in [0, 0.1) is 0 Å². The number of hydrogen-bond acceptors (Lipinski definition) is 3. The third-order valence-corrected chi connectivity index (χ3v) is 3.65. The van der Waals surface area contributed by atoms with Crippen LogP contribution in [-0.2, 0) is 24.2 Å². The average Bonchev–Trinajstić information content (AvgIpc) is 2.48. The normalized spacial score (nSPS) is 10.6. The Morgan fingerprint density at radius 2 is 1.20 bits per heavy atom. The first kappa shape index (κ1) is 14.6. The highest BCUT2D eigenvalue weighted by molar-refractivity contribution is 7.75. The number of aryl methyl sites for hydroxylation is 2. The minimum atomic E-state index is -1.85. The second-order valence-electron chi connectivity index (χ2n) is 4.29. The van der Waals surface area contributed by atoms with Crippen molar-refractivity contribution in [1.29, 1.82) is 0 Å². The van der Waals surface area contributed by atoms with Gasteiger partial charge >= 0.3 is 11.4 Å². The van der Waals surface area contributed by atoms with E-state index in [0.29, 0.717) is 11.5 Å². The zero-order valence-corrected chi connectivity index (χ0v) is 12.5. The van der Waals surface area contributed by atoms with Gasteiger partial charge in [0.25, 0.3) is 0 Å². The fraction of sp³-hybridized carbons (Fsp3) is 0.250. The number of rotatable bonds is 6. The summed E-state index contributed by atoms with van der Waals surface area (Å²) in [6, 6.07) is 15.1. The molecule has 4 heteroatoms. The van der Waals surface area contributed by atoms with Crippen LogP contribution in [0.5, 0.6) is 11.5 Å². The second kappa shape index (κ2) is 7.10. The smallest absolute Gasteiger partial charge is 0.371 e. The Morgan fingerprint density at radius 3 is 1.60 bits per heavy atom. The molecule has 20 heavy (non-hydrogen) atoms. The highest BCUT2D eigenvalue weighted by Gasteiger charge is 2.10. The summed E-state index contributed by atoms with van der Waals surface area (Å²) in [6.07, 6.45) is 1.64. The first-order valence-electron chi connectivity index (χ1n) is 6.68. The molecule has 106 valence electrons. The summed E-state index contributed by atoms with van der Waals surface area (Å²) in [5, 5.41) is 0. The molecule has 0 atom stereocenters. The summed E-state index contributed by atoms with van der Waals surface area (Å²) in [5.41, 5.74) is 2.02. The number of hydrogen-bond donors (Lipinski definition) is 0. The van der Waals surface area contributed by atoms with Crippen molar-refractivity contribution < 1.29 is 12.6 Å². The van der Waals surface area contributed by atoms with Crippen LogP contribution >= 0.6 is 0 Å². The molecular weight excluding hydrogens is 272 g/mol. The molecule has 0 saturated heterocycles. The highest BCUT2D eigenvalue weighted by Crippen LogP contribution is 2.23. The van der Waals surface area contributed by atoms with Gasteiger partial charge in [-0.2, -0.15) is 4.21 Å². The van der Waals surface area contributed by atoms with E-state index >= 15 is 0 Å². The first-order chi connectivity index (χ1) is 9.74. The van der Waals surface area contributed by atoms with Crippen LogP contribution in [0.2, 0.25) is 0 Å². The van der Waals surface area contributed by atoms with Crippen molar-refractivity contribution in [2.45, 2.75) is 26.7 Å². The molecule has 0 aliphatic carbocycles. The Labute approximate surface area is 122 Å². The van der Waals surface area contributed by atoms with Gasteiger partial charge in [-0.15, -0.1) is 0 Å². The van der Waals surface area contributed by atoms with E-state index in [1.807, 2.05) is 50.2 Å². The van der Waals surface area contributed by atoms with Crippen LogP contribution in [0.1, 0.15) is 25.0 Å². The standard InChI is InChI=1S/C16H18O3S/c1-3-13-9-5-7-11-15(13)18-20(17)19-16-12-8-6-10-14(16)4-2/h5-12H,3-4H2,1-2H3. The van der Waals surface area contributed by atoms with E-state index in [4.69, 9.17) is 8.37 Å². The number of benzene rings is 2. The van der Waals surface area contributed by atoms with Crippen molar-refractivity contribution in [2.24, 2.45) is 0 Å². The van der Waals surface area contributed by atoms with Gasteiger partial charge < -0.3 is 8.37 Å². The van der Waals surface area contributed by atoms with E-state index in [1.165, 1.54) is 0 Å². The largest absolute Gasteiger partial charge is 0.417 e. The molecule has 0 spiro atoms. The Morgan fingerprint density at radius 1 is 0.800 bits per heavy atom. The maximum Gasteiger partial charge on any atom is 0.417 e. The fourth-order valence-corrected chi connectivity index (χ4v) is 2.57. The van der Waals surface area contributed by atoms with Crippen LogP contribution < -0.4 is 8.37 Å². The lowest BCUT2D eigenvalue weighted by Crippen LogP contribution is -2.10. The van der Waals surface area contributed by atoms with Crippen molar-refractivity contribution in [3.05, 3.63) is 59.7 Å². The maximum absolute atomic E-state index is 12.0. The van der Waals surface area contributed by atoms with Crippen molar-refractivity contribution in [1.82, 2.24) is 0 Å². The SMILES string of the molecule is CCc1ccccc1OS(=O)Oc1ccccc1CC. The van der Waals surface area contributed by atoms with Gasteiger partial charge in [-0.05, 0) is 36.1 Å². The molecule has 0 aliphatic heterocycles. The summed E-state index contributed by atoms with van der Waals surface area (Å²) >= 11 is -1.85. The second-order valence-corrected chi connectivity index (χ2v) is 5.03. The molecule has 3 nitrogen and oxygen atoms in total. The maximum atomic E-state index is 12.0. The van der Waals surface area contributed by atoms with Crippen molar-refractivity contribution in [3.63, 3.8) is 0 Å². The first-order valence-corrected chi connectivity index (χ1v) is 7.68. The van der Waals surface area contributed by atoms with Crippen LogP contribution in [0.3, 0.4) is 0 Å². The Hall–Kier alpha value is -1.81. The van der Waals surface area contributed by atoms with Gasteiger partial charge in [-0.3, -0.25) is 0 Å². The van der Waals surface area contributed by atoms with Crippen LogP contribution in [-0.4, -0.2) is 4.21 Å². The lowest BCUT2D eigenvalue weighted by atomic mass is 10.1. The lowest BCUT2D eigenvalue weighted by molar-refractivity contribution is 0.457. The van der Waals surface area contributed by atoms with Crippen molar-refractivity contribution >= 4 is 11.4 Å². The van der Waals surface area contributed by atoms with Gasteiger partial charge in [-0.1, -0.05) is 50.2 Å². The van der Waals surface area contributed by atoms with Gasteiger partial charge in [0.05, 0.1) is 0 Å². The van der Waals surface area contributed by atoms with E-state index in [1.54, 1.807) is 12.1 Å². The summed E-state index contributed by atoms with van der Waals surface area (Å²) in [6.45, 7) is 4.05. The van der Waals surface area contributed by atoms with E-state index in [9.17, 15) is 4.21 Å². The summed E-state index contributed by atoms with van der Waals surface area (Å²) in [5.74, 6) is 1.20. The monoisotopic (exact) mass is 290 g/mol. The van der Waals surface area contributed by atoms with Crippen molar-refractivity contribution in [2.75, 3.05) is 0 Å². The summed E-state index contributed by atoms with van der Waals surface area (Å²) in [4.78, 5) is 0. The molecular formula is C16H18O3S. The summed E-state index contributed by atoms with van der Waals surface area (Å²) < 4.78 is 22.8. The minimum Gasteiger partial charge on any atom is -0.371 e. The molecule has 2 aromatic carbocycles. The van der Waals surface area contributed by atoms with Gasteiger partial charge in [0.15, 0.2) is 0 Å². The van der Waals surface area contributed by atoms with Gasteiger partial charge in [0.1, 0.15) is 11.5 Å². The molecule has 2 aromatic rings. The van der Waals surface area contributed by atoms with Gasteiger partial charge in [-0.25, -0.2) is 0 Å². The molecule has 0 heterocycles. The molecule has 0 amide bonds. The van der Waals surface area contributed by atoms with Crippen LogP contribution in [0.15, 0.2) is 48.5 Å². The fourth-order valence-electron chi connectivity index (χ4n) is 1.92. The predicted octanol–water partition coefficient (Wildman–Crippen LogP) is 3.85. The number of para-hydroxylation sites is 2. The molecule has 0 unspecified atom stereocenters. The van der Waals surface area contributed by atoms with Gasteiger partial charge in [0.2, 0.25) is 0 Å². The van der Waals surface area contributed by atoms with Crippen LogP contribution in [0.25, 0.3) is 0 Å². The third kappa shape index (κ3) is 3.61. The topological polar surface area (TPSA) is 35.5 Å². The van der Waals surface area contributed by atoms with E-state index in [0.717, 1.165) is 24.0 Å². The highest BCUT2D eigenvalue weighted by atomic mass is 32.2. The molecule has 0 saturated carbocycles. The third-order valence-electron chi connectivity index (χ3n) is 3.02. The lowest BCUT2D eigenvalue weighted by Gasteiger charge is -2.10. The van der Waals surface area contributed by atoms with E-state index in [-0.39, 0.29) is 0 Å². The molecule has 0 bridgehead atoms. The molecule has 0 fully saturated rings. The van der Waals surface area contributed by atoms with E-state index in [2.05, 4.69) is 0 Å². The zero-order valence-electron chi connectivity index (χ0n) is 11.7. The molecule has 2 rings (SSSR count). The molecule has 0 N–H and O–H groups in total. The minimum absolute atomic E-state index is 0.599. The van der Waals surface area contributed by atoms with Gasteiger partial charge in [0, 0.05) is 0 Å². The van der Waals surface area contributed by atoms with Crippen LogP contribution in [0.4, 0.5) is 0 Å². The Balaban J connectivity index is 2.09. The summed E-state index contributed by atoms with van der Waals surface area (Å²) in [7, 11) is 0. The molecule has 0 radical (unpaired) electrons. The Kier molecular flexibility index (Phi) is 5.18. The average molecular weight is 290 g/mol. The molecule has 0 aliphatic rings. The zero-order chi connectivity index (χ0) is 14.4. The predicted molar refractivity (Wildman–Crippen MR) is 81.0 cm³/mol. The molecule has 0 aromatic heterocycles. The Bertz CT molecular complexity index is 544.